The summed E-state index contributed by atoms with van der Waals surface area (Å²) in [5.41, 5.74) is 2.01. The Morgan fingerprint density at radius 3 is 2.75 bits per heavy atom. The molecule has 7 nitrogen and oxygen atoms in total. The third-order valence-corrected chi connectivity index (χ3v) is 5.79. The Kier molecular flexibility index (Phi) is 6.55. The lowest BCUT2D eigenvalue weighted by Crippen LogP contribution is -2.23. The van der Waals surface area contributed by atoms with Gasteiger partial charge in [-0.2, -0.15) is 0 Å². The molecule has 0 radical (unpaired) electrons. The molecule has 32 heavy (non-hydrogen) atoms. The maximum Gasteiger partial charge on any atom is 0.260 e. The minimum atomic E-state index is -0.613. The first-order valence-corrected chi connectivity index (χ1v) is 11.0. The van der Waals surface area contributed by atoms with Gasteiger partial charge in [-0.05, 0) is 36.2 Å². The molecule has 9 heteroatoms. The molecule has 2 aromatic carbocycles. The highest BCUT2D eigenvalue weighted by atomic mass is 32.1. The molecule has 4 rings (SSSR count). The second-order valence-electron chi connectivity index (χ2n) is 7.42. The molecule has 3 amide bonds. The van der Waals surface area contributed by atoms with E-state index in [0.717, 1.165) is 29.9 Å². The number of rotatable bonds is 7. The van der Waals surface area contributed by atoms with Gasteiger partial charge in [0.25, 0.3) is 5.91 Å². The maximum absolute atomic E-state index is 13.7. The van der Waals surface area contributed by atoms with Crippen molar-refractivity contribution in [3.63, 3.8) is 0 Å². The van der Waals surface area contributed by atoms with Crippen LogP contribution in [0.5, 0.6) is 0 Å². The number of thiazole rings is 1. The van der Waals surface area contributed by atoms with Crippen LogP contribution in [-0.4, -0.2) is 34.2 Å². The lowest BCUT2D eigenvalue weighted by Gasteiger charge is -2.16. The van der Waals surface area contributed by atoms with E-state index >= 15 is 0 Å². The van der Waals surface area contributed by atoms with E-state index in [1.807, 2.05) is 23.1 Å². The van der Waals surface area contributed by atoms with Gasteiger partial charge in [-0.25, -0.2) is 9.37 Å². The van der Waals surface area contributed by atoms with Crippen LogP contribution in [0.2, 0.25) is 0 Å². The number of carbonyl (C=O) groups is 3. The Morgan fingerprint density at radius 1 is 1.12 bits per heavy atom. The number of hydrogen-bond acceptors (Lipinski definition) is 5. The maximum atomic E-state index is 13.7. The summed E-state index contributed by atoms with van der Waals surface area (Å²) in [5.74, 6) is -1.31. The zero-order valence-corrected chi connectivity index (χ0v) is 18.0. The van der Waals surface area contributed by atoms with Crippen molar-refractivity contribution in [2.24, 2.45) is 0 Å². The highest BCUT2D eigenvalue weighted by Crippen LogP contribution is 2.20. The van der Waals surface area contributed by atoms with Crippen molar-refractivity contribution in [1.82, 2.24) is 9.88 Å². The van der Waals surface area contributed by atoms with E-state index in [0.29, 0.717) is 29.5 Å². The van der Waals surface area contributed by atoms with Crippen molar-refractivity contribution in [1.29, 1.82) is 0 Å². The van der Waals surface area contributed by atoms with E-state index in [9.17, 15) is 18.8 Å². The Bertz CT molecular complexity index is 1160. The highest BCUT2D eigenvalue weighted by Gasteiger charge is 2.20. The van der Waals surface area contributed by atoms with Gasteiger partial charge in [-0.3, -0.25) is 19.7 Å². The summed E-state index contributed by atoms with van der Waals surface area (Å²) in [6.45, 7) is 1.29. The third-order valence-electron chi connectivity index (χ3n) is 4.99. The first-order valence-electron chi connectivity index (χ1n) is 10.1. The van der Waals surface area contributed by atoms with Gasteiger partial charge in [0.2, 0.25) is 11.8 Å². The number of benzene rings is 2. The summed E-state index contributed by atoms with van der Waals surface area (Å²) in [4.78, 5) is 42.5. The fourth-order valence-corrected chi connectivity index (χ4v) is 4.17. The molecule has 2 heterocycles. The van der Waals surface area contributed by atoms with Gasteiger partial charge in [0.1, 0.15) is 5.82 Å². The number of nitrogens with one attached hydrogen (secondary N) is 2. The van der Waals surface area contributed by atoms with Gasteiger partial charge in [-0.15, -0.1) is 11.3 Å². The van der Waals surface area contributed by atoms with Crippen LogP contribution in [0.4, 0.5) is 15.2 Å². The minimum absolute atomic E-state index is 0.0287. The Balaban J connectivity index is 1.32. The Hall–Kier alpha value is -3.59. The van der Waals surface area contributed by atoms with Gasteiger partial charge in [0.05, 0.1) is 17.7 Å². The molecule has 3 aromatic rings. The van der Waals surface area contributed by atoms with Crippen LogP contribution in [-0.2, 0) is 22.6 Å². The zero-order chi connectivity index (χ0) is 22.5. The quantitative estimate of drug-likeness (QED) is 0.570. The molecule has 2 N–H and O–H groups in total. The summed E-state index contributed by atoms with van der Waals surface area (Å²) < 4.78 is 13.7. The van der Waals surface area contributed by atoms with Crippen molar-refractivity contribution in [3.05, 3.63) is 76.5 Å². The molecule has 0 spiro atoms. The number of halogens is 1. The molecule has 0 unspecified atom stereocenters. The highest BCUT2D eigenvalue weighted by molar-refractivity contribution is 7.14. The van der Waals surface area contributed by atoms with E-state index < -0.39 is 11.7 Å². The SMILES string of the molecule is O=C(Cc1csc(NC(=O)c2ccccc2F)n1)Nc1cccc(CN2CCCC2=O)c1. The van der Waals surface area contributed by atoms with Gasteiger partial charge in [0, 0.05) is 30.6 Å². The summed E-state index contributed by atoms with van der Waals surface area (Å²) in [6, 6.07) is 13.1. The summed E-state index contributed by atoms with van der Waals surface area (Å²) >= 11 is 1.16. The standard InChI is InChI=1S/C23H21FN4O3S/c24-19-8-2-1-7-18(19)22(31)27-23-26-17(14-32-23)12-20(29)25-16-6-3-5-15(11-16)13-28-10-4-9-21(28)30/h1-3,5-8,11,14H,4,9-10,12-13H2,(H,25,29)(H,26,27,31). The fraction of sp³-hybridized carbons (Fsp3) is 0.217. The second-order valence-corrected chi connectivity index (χ2v) is 8.28. The molecular weight excluding hydrogens is 431 g/mol. The average Bonchev–Trinajstić information content (AvgIpc) is 3.37. The molecule has 164 valence electrons. The van der Waals surface area contributed by atoms with E-state index in [1.54, 1.807) is 17.5 Å². The van der Waals surface area contributed by atoms with Crippen molar-refractivity contribution in [2.75, 3.05) is 17.2 Å². The predicted octanol–water partition coefficient (Wildman–Crippen LogP) is 3.84. The number of likely N-dealkylation sites (tertiary alicyclic amines) is 1. The second kappa shape index (κ2) is 9.69. The molecular formula is C23H21FN4O3S. The molecule has 1 fully saturated rings. The van der Waals surface area contributed by atoms with Crippen LogP contribution in [0.25, 0.3) is 0 Å². The molecule has 1 saturated heterocycles. The summed E-state index contributed by atoms with van der Waals surface area (Å²) in [6.07, 6.45) is 1.50. The number of hydrogen-bond donors (Lipinski definition) is 2. The normalized spacial score (nSPS) is 13.3. The topological polar surface area (TPSA) is 91.4 Å². The van der Waals surface area contributed by atoms with Crippen molar-refractivity contribution in [3.8, 4) is 0 Å². The van der Waals surface area contributed by atoms with Crippen molar-refractivity contribution < 1.29 is 18.8 Å². The van der Waals surface area contributed by atoms with Crippen LogP contribution in [0.1, 0.15) is 34.5 Å². The largest absolute Gasteiger partial charge is 0.338 e. The molecule has 0 atom stereocenters. The monoisotopic (exact) mass is 452 g/mol. The first kappa shape index (κ1) is 21.6. The molecule has 1 aromatic heterocycles. The molecule has 1 aliphatic rings. The number of anilines is 2. The fourth-order valence-electron chi connectivity index (χ4n) is 3.46. The van der Waals surface area contributed by atoms with Crippen LogP contribution < -0.4 is 10.6 Å². The van der Waals surface area contributed by atoms with Crippen LogP contribution >= 0.6 is 11.3 Å². The van der Waals surface area contributed by atoms with Crippen LogP contribution in [0, 0.1) is 5.82 Å². The van der Waals surface area contributed by atoms with Gasteiger partial charge >= 0.3 is 0 Å². The molecule has 0 saturated carbocycles. The zero-order valence-electron chi connectivity index (χ0n) is 17.1. The Labute approximate surface area is 188 Å². The number of aromatic nitrogens is 1. The van der Waals surface area contributed by atoms with Crippen LogP contribution in [0.15, 0.2) is 53.9 Å². The van der Waals surface area contributed by atoms with Gasteiger partial charge in [-0.1, -0.05) is 24.3 Å². The Morgan fingerprint density at radius 2 is 1.97 bits per heavy atom. The van der Waals surface area contributed by atoms with Crippen LogP contribution in [0.3, 0.4) is 0 Å². The van der Waals surface area contributed by atoms with E-state index in [2.05, 4.69) is 15.6 Å². The molecule has 0 aliphatic carbocycles. The summed E-state index contributed by atoms with van der Waals surface area (Å²) in [5, 5.41) is 7.35. The van der Waals surface area contributed by atoms with Gasteiger partial charge in [0.15, 0.2) is 5.13 Å². The minimum Gasteiger partial charge on any atom is -0.338 e. The van der Waals surface area contributed by atoms with E-state index in [1.165, 1.54) is 18.2 Å². The number of amides is 3. The number of nitrogens with zero attached hydrogens (tertiary/aromatic N) is 2. The lowest BCUT2D eigenvalue weighted by molar-refractivity contribution is -0.128. The summed E-state index contributed by atoms with van der Waals surface area (Å²) in [7, 11) is 0. The molecule has 0 bridgehead atoms. The average molecular weight is 453 g/mol. The van der Waals surface area contributed by atoms with E-state index in [-0.39, 0.29) is 23.8 Å². The lowest BCUT2D eigenvalue weighted by atomic mass is 10.2. The number of carbonyl (C=O) groups excluding carboxylic acids is 3. The van der Waals surface area contributed by atoms with Gasteiger partial charge < -0.3 is 10.2 Å². The predicted molar refractivity (Wildman–Crippen MR) is 120 cm³/mol. The molecule has 1 aliphatic heterocycles. The van der Waals surface area contributed by atoms with E-state index in [4.69, 9.17) is 0 Å². The first-order chi connectivity index (χ1) is 15.5. The third kappa shape index (κ3) is 5.36. The smallest absolute Gasteiger partial charge is 0.260 e. The van der Waals surface area contributed by atoms with Crippen molar-refractivity contribution >= 4 is 39.9 Å². The van der Waals surface area contributed by atoms with Crippen molar-refractivity contribution in [2.45, 2.75) is 25.8 Å².